The number of nitrogens with zero attached hydrogens (tertiary/aromatic N) is 4. The normalized spacial score (nSPS) is 18.6. The molecular formula is C25H28N4O3. The number of carbonyl (C=O) groups is 1. The summed E-state index contributed by atoms with van der Waals surface area (Å²) in [6, 6.07) is 15.1. The van der Waals surface area contributed by atoms with Gasteiger partial charge in [-0.1, -0.05) is 38.1 Å². The van der Waals surface area contributed by atoms with E-state index >= 15 is 0 Å². The summed E-state index contributed by atoms with van der Waals surface area (Å²) in [5, 5.41) is 0.550. The first-order chi connectivity index (χ1) is 15.5. The van der Waals surface area contributed by atoms with E-state index in [0.717, 1.165) is 37.6 Å². The maximum Gasteiger partial charge on any atom is 0.263 e. The molecule has 0 spiro atoms. The number of anilines is 2. The van der Waals surface area contributed by atoms with E-state index in [0.29, 0.717) is 29.8 Å². The number of carbonyl (C=O) groups excluding carboxylic acids is 1. The second kappa shape index (κ2) is 8.39. The lowest BCUT2D eigenvalue weighted by atomic mass is 10.0. The lowest BCUT2D eigenvalue weighted by Crippen LogP contribution is -2.36. The second-order valence-electron chi connectivity index (χ2n) is 8.94. The third kappa shape index (κ3) is 3.66. The van der Waals surface area contributed by atoms with E-state index in [2.05, 4.69) is 43.0 Å². The van der Waals surface area contributed by atoms with E-state index in [1.807, 2.05) is 18.2 Å². The van der Waals surface area contributed by atoms with Crippen LogP contribution in [0, 0.1) is 5.92 Å². The number of morpholine rings is 1. The molecule has 2 aromatic carbocycles. The predicted octanol–water partition coefficient (Wildman–Crippen LogP) is 3.37. The van der Waals surface area contributed by atoms with Crippen molar-refractivity contribution in [3.8, 4) is 0 Å². The Balaban J connectivity index is 1.49. The smallest absolute Gasteiger partial charge is 0.263 e. The van der Waals surface area contributed by atoms with Crippen LogP contribution in [-0.2, 0) is 16.1 Å². The van der Waals surface area contributed by atoms with Crippen molar-refractivity contribution in [3.05, 3.63) is 64.4 Å². The molecule has 2 aliphatic rings. The molecule has 1 amide bonds. The topological polar surface area (TPSA) is 67.7 Å². The summed E-state index contributed by atoms with van der Waals surface area (Å²) in [6.45, 7) is 7.78. The molecule has 1 unspecified atom stereocenters. The highest BCUT2D eigenvalue weighted by Gasteiger charge is 2.39. The van der Waals surface area contributed by atoms with Crippen LogP contribution in [0.2, 0.25) is 0 Å². The summed E-state index contributed by atoms with van der Waals surface area (Å²) < 4.78 is 7.04. The SMILES string of the molecule is CC(C)CC1C(=O)N(Cc2ccc(N3CCOCC3)cc2)c2nc3ccccc3c(=O)n21. The zero-order chi connectivity index (χ0) is 22.2. The minimum absolute atomic E-state index is 0.0594. The van der Waals surface area contributed by atoms with Gasteiger partial charge in [-0.05, 0) is 42.2 Å². The van der Waals surface area contributed by atoms with E-state index in [9.17, 15) is 9.59 Å². The number of hydrogen-bond donors (Lipinski definition) is 0. The quantitative estimate of drug-likeness (QED) is 0.618. The van der Waals surface area contributed by atoms with Gasteiger partial charge in [0.25, 0.3) is 11.5 Å². The Bertz CT molecular complexity index is 1200. The molecule has 1 atom stereocenters. The molecule has 0 bridgehead atoms. The number of amides is 1. The van der Waals surface area contributed by atoms with Crippen LogP contribution in [0.5, 0.6) is 0 Å². The van der Waals surface area contributed by atoms with Crippen molar-refractivity contribution >= 4 is 28.4 Å². The van der Waals surface area contributed by atoms with Crippen LogP contribution in [0.25, 0.3) is 10.9 Å². The van der Waals surface area contributed by atoms with E-state index in [4.69, 9.17) is 9.72 Å². The maximum absolute atomic E-state index is 13.5. The predicted molar refractivity (Wildman–Crippen MR) is 125 cm³/mol. The summed E-state index contributed by atoms with van der Waals surface area (Å²) >= 11 is 0. The Kier molecular flexibility index (Phi) is 5.43. The highest BCUT2D eigenvalue weighted by molar-refractivity contribution is 5.99. The van der Waals surface area contributed by atoms with Crippen molar-refractivity contribution in [3.63, 3.8) is 0 Å². The first-order valence-electron chi connectivity index (χ1n) is 11.3. The summed E-state index contributed by atoms with van der Waals surface area (Å²) in [6.07, 6.45) is 0.609. The zero-order valence-corrected chi connectivity index (χ0v) is 18.5. The third-order valence-corrected chi connectivity index (χ3v) is 6.24. The Hall–Kier alpha value is -3.19. The van der Waals surface area contributed by atoms with Crippen LogP contribution in [0.4, 0.5) is 11.6 Å². The van der Waals surface area contributed by atoms with E-state index in [-0.39, 0.29) is 17.4 Å². The largest absolute Gasteiger partial charge is 0.378 e. The summed E-state index contributed by atoms with van der Waals surface area (Å²) in [7, 11) is 0. The number of benzene rings is 2. The van der Waals surface area contributed by atoms with Crippen molar-refractivity contribution < 1.29 is 9.53 Å². The number of aromatic nitrogens is 2. The fraction of sp³-hybridized carbons (Fsp3) is 0.400. The number of rotatable bonds is 5. The average molecular weight is 433 g/mol. The van der Waals surface area contributed by atoms with Crippen molar-refractivity contribution in [1.82, 2.24) is 9.55 Å². The molecule has 3 heterocycles. The number of ether oxygens (including phenoxy) is 1. The van der Waals surface area contributed by atoms with Gasteiger partial charge in [0.15, 0.2) is 0 Å². The molecule has 7 nitrogen and oxygen atoms in total. The molecule has 1 aromatic heterocycles. The van der Waals surface area contributed by atoms with Gasteiger partial charge in [-0.25, -0.2) is 4.98 Å². The minimum atomic E-state index is -0.512. The summed E-state index contributed by atoms with van der Waals surface area (Å²) in [5.74, 6) is 0.667. The Labute approximate surface area is 187 Å². The fourth-order valence-corrected chi connectivity index (χ4v) is 4.61. The van der Waals surface area contributed by atoms with Crippen LogP contribution in [0.15, 0.2) is 53.3 Å². The van der Waals surface area contributed by atoms with Crippen molar-refractivity contribution in [1.29, 1.82) is 0 Å². The van der Waals surface area contributed by atoms with E-state index < -0.39 is 6.04 Å². The van der Waals surface area contributed by atoms with Gasteiger partial charge in [0.05, 0.1) is 30.7 Å². The third-order valence-electron chi connectivity index (χ3n) is 6.24. The molecule has 0 N–H and O–H groups in total. The summed E-state index contributed by atoms with van der Waals surface area (Å²) in [4.78, 5) is 35.5. The Morgan fingerprint density at radius 3 is 2.47 bits per heavy atom. The fourth-order valence-electron chi connectivity index (χ4n) is 4.61. The molecule has 1 saturated heterocycles. The Morgan fingerprint density at radius 1 is 1.03 bits per heavy atom. The molecule has 32 heavy (non-hydrogen) atoms. The van der Waals surface area contributed by atoms with Crippen LogP contribution < -0.4 is 15.4 Å². The van der Waals surface area contributed by atoms with Gasteiger partial charge in [-0.2, -0.15) is 0 Å². The molecule has 0 saturated carbocycles. The maximum atomic E-state index is 13.5. The lowest BCUT2D eigenvalue weighted by molar-refractivity contribution is -0.120. The molecule has 2 aliphatic heterocycles. The zero-order valence-electron chi connectivity index (χ0n) is 18.5. The van der Waals surface area contributed by atoms with Crippen LogP contribution in [0.3, 0.4) is 0 Å². The molecule has 166 valence electrons. The standard InChI is InChI=1S/C25H28N4O3/c1-17(2)15-22-24(31)28(25-26-21-6-4-3-5-20(21)23(30)29(22)25)16-18-7-9-19(10-8-18)27-11-13-32-14-12-27/h3-10,17,22H,11-16H2,1-2H3. The van der Waals surface area contributed by atoms with Gasteiger partial charge in [0.2, 0.25) is 5.95 Å². The Morgan fingerprint density at radius 2 is 1.75 bits per heavy atom. The summed E-state index contributed by atoms with van der Waals surface area (Å²) in [5.41, 5.74) is 2.64. The molecular weight excluding hydrogens is 404 g/mol. The average Bonchev–Trinajstić information content (AvgIpc) is 3.06. The highest BCUT2D eigenvalue weighted by Crippen LogP contribution is 2.33. The molecule has 0 aliphatic carbocycles. The van der Waals surface area contributed by atoms with Gasteiger partial charge in [0, 0.05) is 18.8 Å². The van der Waals surface area contributed by atoms with Gasteiger partial charge >= 0.3 is 0 Å². The first kappa shape index (κ1) is 20.7. The van der Waals surface area contributed by atoms with Crippen molar-refractivity contribution in [2.75, 3.05) is 36.1 Å². The molecule has 5 rings (SSSR count). The van der Waals surface area contributed by atoms with Crippen LogP contribution in [0.1, 0.15) is 31.9 Å². The molecule has 3 aromatic rings. The number of fused-ring (bicyclic) bond motifs is 2. The lowest BCUT2D eigenvalue weighted by Gasteiger charge is -2.29. The van der Waals surface area contributed by atoms with E-state index in [1.165, 1.54) is 0 Å². The van der Waals surface area contributed by atoms with E-state index in [1.54, 1.807) is 15.5 Å². The van der Waals surface area contributed by atoms with Crippen molar-refractivity contribution in [2.24, 2.45) is 5.92 Å². The number of hydrogen-bond acceptors (Lipinski definition) is 5. The molecule has 7 heteroatoms. The van der Waals surface area contributed by atoms with Crippen molar-refractivity contribution in [2.45, 2.75) is 32.9 Å². The minimum Gasteiger partial charge on any atom is -0.378 e. The van der Waals surface area contributed by atoms with Gasteiger partial charge in [-0.3, -0.25) is 19.1 Å². The van der Waals surface area contributed by atoms with Gasteiger partial charge in [-0.15, -0.1) is 0 Å². The monoisotopic (exact) mass is 432 g/mol. The first-order valence-corrected chi connectivity index (χ1v) is 11.3. The highest BCUT2D eigenvalue weighted by atomic mass is 16.5. The number of para-hydroxylation sites is 1. The van der Waals surface area contributed by atoms with Gasteiger partial charge < -0.3 is 9.64 Å². The molecule has 0 radical (unpaired) electrons. The second-order valence-corrected chi connectivity index (χ2v) is 8.94. The van der Waals surface area contributed by atoms with Crippen LogP contribution in [-0.4, -0.2) is 41.8 Å². The van der Waals surface area contributed by atoms with Crippen LogP contribution >= 0.6 is 0 Å². The van der Waals surface area contributed by atoms with Gasteiger partial charge in [0.1, 0.15) is 6.04 Å². The molecule has 1 fully saturated rings.